The predicted octanol–water partition coefficient (Wildman–Crippen LogP) is 4.77. The molecule has 0 unspecified atom stereocenters. The molecule has 3 rings (SSSR count). The number of methoxy groups -OCH3 is 1. The Morgan fingerprint density at radius 1 is 1.12 bits per heavy atom. The summed E-state index contributed by atoms with van der Waals surface area (Å²) in [5.41, 5.74) is 2.90. The van der Waals surface area contributed by atoms with Crippen LogP contribution in [-0.2, 0) is 22.4 Å². The topological polar surface area (TPSA) is 103 Å². The molecule has 8 nitrogen and oxygen atoms in total. The highest BCUT2D eigenvalue weighted by Gasteiger charge is 2.14. The normalized spacial score (nSPS) is 10.4. The fourth-order valence-corrected chi connectivity index (χ4v) is 3.18. The fraction of sp³-hybridized carbons (Fsp3) is 0.240. The third-order valence-electron chi connectivity index (χ3n) is 4.79. The van der Waals surface area contributed by atoms with Crippen molar-refractivity contribution in [3.63, 3.8) is 0 Å². The summed E-state index contributed by atoms with van der Waals surface area (Å²) in [4.78, 5) is 31.5. The van der Waals surface area contributed by atoms with Gasteiger partial charge in [0, 0.05) is 11.4 Å². The Morgan fingerprint density at radius 2 is 1.88 bits per heavy atom. The van der Waals surface area contributed by atoms with Crippen LogP contribution in [0, 0.1) is 0 Å². The van der Waals surface area contributed by atoms with Gasteiger partial charge in [-0.1, -0.05) is 19.6 Å². The first kappa shape index (κ1) is 23.6. The number of nitrogens with zero attached hydrogens (tertiary/aromatic N) is 1. The van der Waals surface area contributed by atoms with Gasteiger partial charge in [0.15, 0.2) is 17.3 Å². The van der Waals surface area contributed by atoms with Crippen molar-refractivity contribution in [3.8, 4) is 17.2 Å². The Kier molecular flexibility index (Phi) is 7.86. The van der Waals surface area contributed by atoms with Crippen LogP contribution in [0.25, 0.3) is 6.08 Å². The molecule has 0 aliphatic carbocycles. The maximum absolute atomic E-state index is 12.5. The number of H-pyrrole nitrogens is 1. The van der Waals surface area contributed by atoms with Gasteiger partial charge in [0.1, 0.15) is 5.75 Å². The van der Waals surface area contributed by atoms with E-state index in [1.54, 1.807) is 55.5 Å². The van der Waals surface area contributed by atoms with E-state index in [1.807, 2.05) is 6.92 Å². The third kappa shape index (κ3) is 6.00. The van der Waals surface area contributed by atoms with Gasteiger partial charge >= 0.3 is 5.97 Å². The van der Waals surface area contributed by atoms with Gasteiger partial charge < -0.3 is 24.5 Å². The molecular weight excluding hydrogens is 422 g/mol. The molecule has 0 atom stereocenters. The summed E-state index contributed by atoms with van der Waals surface area (Å²) in [5.74, 6) is 1.15. The number of aromatic nitrogens is 2. The number of esters is 1. The highest BCUT2D eigenvalue weighted by atomic mass is 16.5. The van der Waals surface area contributed by atoms with Crippen molar-refractivity contribution in [3.05, 3.63) is 71.8 Å². The van der Waals surface area contributed by atoms with E-state index < -0.39 is 0 Å². The average molecular weight is 450 g/mol. The molecular formula is C25H27N3O5. The highest BCUT2D eigenvalue weighted by Crippen LogP contribution is 2.33. The van der Waals surface area contributed by atoms with Crippen molar-refractivity contribution in [1.82, 2.24) is 9.97 Å². The van der Waals surface area contributed by atoms with Gasteiger partial charge in [-0.3, -0.25) is 9.59 Å². The number of ether oxygens (including phenoxy) is 3. The van der Waals surface area contributed by atoms with E-state index in [0.29, 0.717) is 35.2 Å². The molecule has 0 aliphatic rings. The van der Waals surface area contributed by atoms with E-state index in [0.717, 1.165) is 17.7 Å². The summed E-state index contributed by atoms with van der Waals surface area (Å²) in [6.45, 7) is 7.80. The number of benzene rings is 2. The minimum absolute atomic E-state index is 0.155. The Morgan fingerprint density at radius 3 is 2.48 bits per heavy atom. The summed E-state index contributed by atoms with van der Waals surface area (Å²) in [7, 11) is 1.53. The zero-order valence-electron chi connectivity index (χ0n) is 18.9. The summed E-state index contributed by atoms with van der Waals surface area (Å²) in [5, 5.41) is 2.81. The van der Waals surface area contributed by atoms with E-state index >= 15 is 0 Å². The van der Waals surface area contributed by atoms with Crippen molar-refractivity contribution >= 4 is 23.6 Å². The summed E-state index contributed by atoms with van der Waals surface area (Å²) < 4.78 is 16.3. The Balaban J connectivity index is 1.66. The van der Waals surface area contributed by atoms with Crippen LogP contribution in [0.5, 0.6) is 17.2 Å². The lowest BCUT2D eigenvalue weighted by atomic mass is 10.1. The molecule has 0 saturated heterocycles. The molecule has 1 aromatic heterocycles. The SMILES string of the molecule is C=Cc1nc(C(=O)Nc2ccc(Oc3ccc(CC(=O)OCC)cc3OC)cc2)[nH]c1CC. The van der Waals surface area contributed by atoms with Gasteiger partial charge in [-0.05, 0) is 61.4 Å². The van der Waals surface area contributed by atoms with Crippen molar-refractivity contribution in [2.24, 2.45) is 0 Å². The van der Waals surface area contributed by atoms with E-state index in [1.165, 1.54) is 7.11 Å². The Bertz CT molecular complexity index is 1140. The maximum atomic E-state index is 12.5. The first-order valence-electron chi connectivity index (χ1n) is 10.6. The molecule has 0 saturated carbocycles. The lowest BCUT2D eigenvalue weighted by Crippen LogP contribution is -2.13. The molecule has 33 heavy (non-hydrogen) atoms. The highest BCUT2D eigenvalue weighted by molar-refractivity contribution is 6.01. The van der Waals surface area contributed by atoms with Crippen molar-refractivity contribution in [1.29, 1.82) is 0 Å². The van der Waals surface area contributed by atoms with Crippen LogP contribution in [0.3, 0.4) is 0 Å². The summed E-state index contributed by atoms with van der Waals surface area (Å²) in [6, 6.07) is 12.2. The van der Waals surface area contributed by atoms with Crippen LogP contribution in [0.2, 0.25) is 0 Å². The molecule has 2 aromatic carbocycles. The second-order valence-electron chi connectivity index (χ2n) is 7.05. The Hall–Kier alpha value is -4.07. The van der Waals surface area contributed by atoms with E-state index in [4.69, 9.17) is 14.2 Å². The minimum atomic E-state index is -0.342. The van der Waals surface area contributed by atoms with Crippen molar-refractivity contribution in [2.45, 2.75) is 26.7 Å². The minimum Gasteiger partial charge on any atom is -0.493 e. The number of anilines is 1. The van der Waals surface area contributed by atoms with Crippen LogP contribution in [0.15, 0.2) is 49.0 Å². The van der Waals surface area contributed by atoms with Crippen LogP contribution in [-0.4, -0.2) is 35.6 Å². The first-order chi connectivity index (χ1) is 16.0. The molecule has 2 N–H and O–H groups in total. The molecule has 0 fully saturated rings. The Labute approximate surface area is 192 Å². The van der Waals surface area contributed by atoms with Crippen LogP contribution in [0.4, 0.5) is 5.69 Å². The van der Waals surface area contributed by atoms with Crippen LogP contribution in [0.1, 0.15) is 41.4 Å². The standard InChI is InChI=1S/C25H27N3O5/c1-5-19-20(6-2)28-24(27-19)25(30)26-17-9-11-18(12-10-17)33-21-13-8-16(14-22(21)31-4)15-23(29)32-7-3/h5,8-14H,1,6-7,15H2,2-4H3,(H,26,30)(H,27,28). The molecule has 8 heteroatoms. The molecule has 0 aliphatic heterocycles. The lowest BCUT2D eigenvalue weighted by Gasteiger charge is -2.12. The number of aryl methyl sites for hydroxylation is 1. The third-order valence-corrected chi connectivity index (χ3v) is 4.79. The number of rotatable bonds is 10. The smallest absolute Gasteiger partial charge is 0.310 e. The molecule has 0 radical (unpaired) electrons. The molecule has 1 amide bonds. The van der Waals surface area contributed by atoms with E-state index in [2.05, 4.69) is 21.9 Å². The summed E-state index contributed by atoms with van der Waals surface area (Å²) >= 11 is 0. The second-order valence-corrected chi connectivity index (χ2v) is 7.05. The molecule has 1 heterocycles. The number of aromatic amines is 1. The maximum Gasteiger partial charge on any atom is 0.310 e. The second kappa shape index (κ2) is 11.0. The van der Waals surface area contributed by atoms with Crippen molar-refractivity contribution in [2.75, 3.05) is 19.0 Å². The predicted molar refractivity (Wildman–Crippen MR) is 126 cm³/mol. The zero-order chi connectivity index (χ0) is 23.8. The van der Waals surface area contributed by atoms with E-state index in [-0.39, 0.29) is 24.1 Å². The number of hydrogen-bond acceptors (Lipinski definition) is 6. The molecule has 3 aromatic rings. The molecule has 0 bridgehead atoms. The number of hydrogen-bond donors (Lipinski definition) is 2. The molecule has 172 valence electrons. The fourth-order valence-electron chi connectivity index (χ4n) is 3.18. The largest absolute Gasteiger partial charge is 0.493 e. The van der Waals surface area contributed by atoms with Gasteiger partial charge in [-0.25, -0.2) is 4.98 Å². The molecule has 0 spiro atoms. The van der Waals surface area contributed by atoms with Gasteiger partial charge in [0.25, 0.3) is 5.91 Å². The van der Waals surface area contributed by atoms with Crippen molar-refractivity contribution < 1.29 is 23.8 Å². The lowest BCUT2D eigenvalue weighted by molar-refractivity contribution is -0.142. The number of carbonyl (C=O) groups is 2. The first-order valence-corrected chi connectivity index (χ1v) is 10.6. The number of imidazole rings is 1. The number of nitrogens with one attached hydrogen (secondary N) is 2. The number of carbonyl (C=O) groups excluding carboxylic acids is 2. The van der Waals surface area contributed by atoms with Crippen LogP contribution >= 0.6 is 0 Å². The van der Waals surface area contributed by atoms with Gasteiger partial charge in [-0.15, -0.1) is 0 Å². The van der Waals surface area contributed by atoms with Gasteiger partial charge in [0.2, 0.25) is 0 Å². The number of amides is 1. The van der Waals surface area contributed by atoms with E-state index in [9.17, 15) is 9.59 Å². The van der Waals surface area contributed by atoms with Crippen LogP contribution < -0.4 is 14.8 Å². The zero-order valence-corrected chi connectivity index (χ0v) is 18.9. The van der Waals surface area contributed by atoms with Gasteiger partial charge in [-0.2, -0.15) is 0 Å². The summed E-state index contributed by atoms with van der Waals surface area (Å²) in [6.07, 6.45) is 2.50. The quantitative estimate of drug-likeness (QED) is 0.432. The van der Waals surface area contributed by atoms with Gasteiger partial charge in [0.05, 0.1) is 25.8 Å². The monoisotopic (exact) mass is 449 g/mol. The average Bonchev–Trinajstić information content (AvgIpc) is 3.25.